The van der Waals surface area contributed by atoms with Crippen LogP contribution in [-0.4, -0.2) is 12.1 Å². The Labute approximate surface area is 127 Å². The van der Waals surface area contributed by atoms with Gasteiger partial charge in [-0.25, -0.2) is 4.98 Å². The van der Waals surface area contributed by atoms with Gasteiger partial charge in [0, 0.05) is 6.07 Å². The molecule has 0 aliphatic heterocycles. The summed E-state index contributed by atoms with van der Waals surface area (Å²) >= 11 is 6.09. The third-order valence-corrected chi connectivity index (χ3v) is 3.74. The second-order valence-corrected chi connectivity index (χ2v) is 5.16. The average molecular weight is 303 g/mol. The number of halogens is 1. The largest absolute Gasteiger partial charge is 0.496 e. The highest BCUT2D eigenvalue weighted by Gasteiger charge is 2.15. The fraction of sp³-hybridized carbons (Fsp3) is 0.188. The van der Waals surface area contributed by atoms with Crippen LogP contribution in [0.15, 0.2) is 34.7 Å². The number of ether oxygens (including phenoxy) is 1. The monoisotopic (exact) mass is 302 g/mol. The molecule has 0 radical (unpaired) electrons. The van der Waals surface area contributed by atoms with Crippen molar-refractivity contribution in [2.45, 2.75) is 13.3 Å². The molecule has 0 unspecified atom stereocenters. The van der Waals surface area contributed by atoms with Crippen molar-refractivity contribution in [1.29, 1.82) is 0 Å². The summed E-state index contributed by atoms with van der Waals surface area (Å²) in [5, 5.41) is 0.447. The molecule has 0 amide bonds. The van der Waals surface area contributed by atoms with Gasteiger partial charge >= 0.3 is 0 Å². The molecular formula is C16H15ClN2O2. The highest BCUT2D eigenvalue weighted by atomic mass is 35.5. The van der Waals surface area contributed by atoms with Crippen molar-refractivity contribution in [2.75, 3.05) is 12.8 Å². The van der Waals surface area contributed by atoms with E-state index in [-0.39, 0.29) is 0 Å². The van der Waals surface area contributed by atoms with Gasteiger partial charge in [-0.15, -0.1) is 0 Å². The lowest BCUT2D eigenvalue weighted by atomic mass is 10.1. The molecule has 3 rings (SSSR count). The number of nitrogens with two attached hydrogens (primary N) is 1. The zero-order valence-electron chi connectivity index (χ0n) is 11.8. The van der Waals surface area contributed by atoms with Gasteiger partial charge in [0.15, 0.2) is 5.58 Å². The van der Waals surface area contributed by atoms with Gasteiger partial charge < -0.3 is 14.9 Å². The summed E-state index contributed by atoms with van der Waals surface area (Å²) in [4.78, 5) is 4.52. The Bertz CT molecular complexity index is 811. The Morgan fingerprint density at radius 2 is 2.10 bits per heavy atom. The van der Waals surface area contributed by atoms with Crippen LogP contribution in [0.5, 0.6) is 5.75 Å². The minimum absolute atomic E-state index is 0.447. The number of hydrogen-bond acceptors (Lipinski definition) is 4. The van der Waals surface area contributed by atoms with Gasteiger partial charge in [-0.3, -0.25) is 0 Å². The van der Waals surface area contributed by atoms with Gasteiger partial charge in [0.2, 0.25) is 5.89 Å². The standard InChI is InChI=1S/C16H15ClN2O2/c1-3-9-4-5-14-13(6-9)19-16(21-14)10-7-11(17)12(18)8-15(10)20-2/h4-8H,3,18H2,1-2H3. The topological polar surface area (TPSA) is 61.3 Å². The van der Waals surface area contributed by atoms with Gasteiger partial charge in [-0.2, -0.15) is 0 Å². The molecule has 1 aromatic heterocycles. The number of anilines is 1. The number of oxazole rings is 1. The molecule has 4 nitrogen and oxygen atoms in total. The summed E-state index contributed by atoms with van der Waals surface area (Å²) < 4.78 is 11.1. The average Bonchev–Trinajstić information content (AvgIpc) is 2.92. The van der Waals surface area contributed by atoms with E-state index in [1.54, 1.807) is 19.2 Å². The number of hydrogen-bond donors (Lipinski definition) is 1. The van der Waals surface area contributed by atoms with E-state index in [0.717, 1.165) is 17.5 Å². The van der Waals surface area contributed by atoms with Crippen LogP contribution in [0.25, 0.3) is 22.6 Å². The Morgan fingerprint density at radius 1 is 1.29 bits per heavy atom. The lowest BCUT2D eigenvalue weighted by Gasteiger charge is -2.07. The molecule has 108 valence electrons. The van der Waals surface area contributed by atoms with Gasteiger partial charge in [0.25, 0.3) is 0 Å². The first kappa shape index (κ1) is 13.8. The molecule has 0 aliphatic carbocycles. The highest BCUT2D eigenvalue weighted by molar-refractivity contribution is 6.33. The first-order valence-electron chi connectivity index (χ1n) is 6.65. The second kappa shape index (κ2) is 5.30. The van der Waals surface area contributed by atoms with E-state index in [9.17, 15) is 0 Å². The van der Waals surface area contributed by atoms with Crippen LogP contribution in [0.1, 0.15) is 12.5 Å². The molecular weight excluding hydrogens is 288 g/mol. The molecule has 0 saturated carbocycles. The highest BCUT2D eigenvalue weighted by Crippen LogP contribution is 2.37. The maximum Gasteiger partial charge on any atom is 0.231 e. The van der Waals surface area contributed by atoms with E-state index in [1.807, 2.05) is 18.2 Å². The molecule has 5 heteroatoms. The molecule has 21 heavy (non-hydrogen) atoms. The first-order chi connectivity index (χ1) is 10.1. The van der Waals surface area contributed by atoms with Gasteiger partial charge in [-0.05, 0) is 30.2 Å². The van der Waals surface area contributed by atoms with Crippen LogP contribution < -0.4 is 10.5 Å². The second-order valence-electron chi connectivity index (χ2n) is 4.75. The maximum absolute atomic E-state index is 6.09. The molecule has 0 atom stereocenters. The predicted octanol–water partition coefficient (Wildman–Crippen LogP) is 4.30. The summed E-state index contributed by atoms with van der Waals surface area (Å²) in [6.07, 6.45) is 0.954. The number of rotatable bonds is 3. The van der Waals surface area contributed by atoms with Gasteiger partial charge in [0.1, 0.15) is 11.3 Å². The summed E-state index contributed by atoms with van der Waals surface area (Å²) in [7, 11) is 1.57. The molecule has 2 N–H and O–H groups in total. The van der Waals surface area contributed by atoms with E-state index in [1.165, 1.54) is 5.56 Å². The third kappa shape index (κ3) is 2.43. The van der Waals surface area contributed by atoms with Crippen LogP contribution >= 0.6 is 11.6 Å². The molecule has 0 saturated heterocycles. The SMILES string of the molecule is CCc1ccc2oc(-c3cc(Cl)c(N)cc3OC)nc2c1. The molecule has 1 heterocycles. The predicted molar refractivity (Wildman–Crippen MR) is 84.8 cm³/mol. The molecule has 0 spiro atoms. The fourth-order valence-corrected chi connectivity index (χ4v) is 2.38. The van der Waals surface area contributed by atoms with Gasteiger partial charge in [0.05, 0.1) is 23.4 Å². The lowest BCUT2D eigenvalue weighted by molar-refractivity contribution is 0.415. The smallest absolute Gasteiger partial charge is 0.231 e. The Morgan fingerprint density at radius 3 is 2.81 bits per heavy atom. The number of fused-ring (bicyclic) bond motifs is 1. The quantitative estimate of drug-likeness (QED) is 0.733. The van der Waals surface area contributed by atoms with E-state index in [4.69, 9.17) is 26.5 Å². The van der Waals surface area contributed by atoms with Crippen molar-refractivity contribution in [3.05, 3.63) is 40.9 Å². The third-order valence-electron chi connectivity index (χ3n) is 3.41. The van der Waals surface area contributed by atoms with Crippen LogP contribution in [0, 0.1) is 0 Å². The number of nitrogens with zero attached hydrogens (tertiary/aromatic N) is 1. The maximum atomic E-state index is 6.09. The summed E-state index contributed by atoms with van der Waals surface area (Å²) in [6, 6.07) is 9.36. The van der Waals surface area contributed by atoms with Crippen LogP contribution in [0.3, 0.4) is 0 Å². The van der Waals surface area contributed by atoms with E-state index in [2.05, 4.69) is 11.9 Å². The zero-order chi connectivity index (χ0) is 15.0. The van der Waals surface area contributed by atoms with E-state index in [0.29, 0.717) is 27.9 Å². The zero-order valence-corrected chi connectivity index (χ0v) is 12.6. The fourth-order valence-electron chi connectivity index (χ4n) is 2.21. The van der Waals surface area contributed by atoms with Gasteiger partial charge in [-0.1, -0.05) is 24.6 Å². The van der Waals surface area contributed by atoms with E-state index < -0.39 is 0 Å². The van der Waals surface area contributed by atoms with Crippen LogP contribution in [-0.2, 0) is 6.42 Å². The number of benzene rings is 2. The Kier molecular flexibility index (Phi) is 3.47. The minimum atomic E-state index is 0.447. The number of aromatic nitrogens is 1. The van der Waals surface area contributed by atoms with Crippen molar-refractivity contribution in [3.8, 4) is 17.2 Å². The van der Waals surface area contributed by atoms with Crippen molar-refractivity contribution in [3.63, 3.8) is 0 Å². The minimum Gasteiger partial charge on any atom is -0.496 e. The van der Waals surface area contributed by atoms with Crippen LogP contribution in [0.2, 0.25) is 5.02 Å². The number of aryl methyl sites for hydroxylation is 1. The molecule has 0 fully saturated rings. The Hall–Kier alpha value is -2.20. The molecule has 0 bridgehead atoms. The summed E-state index contributed by atoms with van der Waals surface area (Å²) in [5.41, 5.74) is 9.70. The Balaban J connectivity index is 2.18. The normalized spacial score (nSPS) is 11.0. The lowest BCUT2D eigenvalue weighted by Crippen LogP contribution is -1.93. The first-order valence-corrected chi connectivity index (χ1v) is 7.03. The molecule has 2 aromatic carbocycles. The van der Waals surface area contributed by atoms with E-state index >= 15 is 0 Å². The van der Waals surface area contributed by atoms with Crippen molar-refractivity contribution >= 4 is 28.4 Å². The number of methoxy groups -OCH3 is 1. The summed E-state index contributed by atoms with van der Waals surface area (Å²) in [5.74, 6) is 1.05. The summed E-state index contributed by atoms with van der Waals surface area (Å²) in [6.45, 7) is 2.10. The molecule has 0 aliphatic rings. The van der Waals surface area contributed by atoms with Crippen LogP contribution in [0.4, 0.5) is 5.69 Å². The van der Waals surface area contributed by atoms with Crippen molar-refractivity contribution in [2.24, 2.45) is 0 Å². The molecule has 3 aromatic rings. The van der Waals surface area contributed by atoms with Crippen molar-refractivity contribution < 1.29 is 9.15 Å². The van der Waals surface area contributed by atoms with Crippen molar-refractivity contribution in [1.82, 2.24) is 4.98 Å². The number of nitrogen functional groups attached to an aromatic ring is 1.